The van der Waals surface area contributed by atoms with Gasteiger partial charge in [-0.15, -0.1) is 6.58 Å². The van der Waals surface area contributed by atoms with Crippen molar-refractivity contribution in [2.45, 2.75) is 0 Å². The molecule has 1 rings (SSSR count). The van der Waals surface area contributed by atoms with Crippen molar-refractivity contribution in [1.29, 1.82) is 0 Å². The van der Waals surface area contributed by atoms with Gasteiger partial charge in [0, 0.05) is 18.8 Å². The van der Waals surface area contributed by atoms with E-state index in [1.165, 1.54) is 17.0 Å². The van der Waals surface area contributed by atoms with E-state index in [1.54, 1.807) is 6.08 Å². The van der Waals surface area contributed by atoms with Gasteiger partial charge in [0.2, 0.25) is 0 Å². The maximum absolute atomic E-state index is 12.8. The largest absolute Gasteiger partial charge is 0.398 e. The number of rotatable bonds is 5. The van der Waals surface area contributed by atoms with Crippen molar-refractivity contribution in [2.24, 2.45) is 0 Å². The summed E-state index contributed by atoms with van der Waals surface area (Å²) in [6.07, 6.45) is 1.55. The van der Waals surface area contributed by atoms with Crippen LogP contribution in [0.5, 0.6) is 0 Å². The first-order valence-electron chi connectivity index (χ1n) is 5.16. The Morgan fingerprint density at radius 3 is 2.82 bits per heavy atom. The van der Waals surface area contributed by atoms with E-state index in [2.05, 4.69) is 6.58 Å². The predicted molar refractivity (Wildman–Crippen MR) is 64.0 cm³/mol. The summed E-state index contributed by atoms with van der Waals surface area (Å²) in [7, 11) is 0. The van der Waals surface area contributed by atoms with E-state index < -0.39 is 5.82 Å². The SMILES string of the molecule is C=CCN(CCO)C(=O)c1ccc(F)cc1N. The van der Waals surface area contributed by atoms with Crippen molar-refractivity contribution in [3.63, 3.8) is 0 Å². The monoisotopic (exact) mass is 238 g/mol. The molecule has 0 aliphatic heterocycles. The highest BCUT2D eigenvalue weighted by molar-refractivity contribution is 5.99. The van der Waals surface area contributed by atoms with Crippen LogP contribution >= 0.6 is 0 Å². The Labute approximate surface area is 99.2 Å². The first-order valence-corrected chi connectivity index (χ1v) is 5.16. The molecule has 4 nitrogen and oxygen atoms in total. The maximum atomic E-state index is 12.8. The van der Waals surface area contributed by atoms with Crippen LogP contribution in [-0.2, 0) is 0 Å². The summed E-state index contributed by atoms with van der Waals surface area (Å²) >= 11 is 0. The highest BCUT2D eigenvalue weighted by Crippen LogP contribution is 2.15. The summed E-state index contributed by atoms with van der Waals surface area (Å²) in [5.74, 6) is -0.840. The molecule has 92 valence electrons. The lowest BCUT2D eigenvalue weighted by Crippen LogP contribution is -2.34. The second kappa shape index (κ2) is 6.00. The van der Waals surface area contributed by atoms with Gasteiger partial charge in [-0.25, -0.2) is 4.39 Å². The number of nitrogens with two attached hydrogens (primary N) is 1. The van der Waals surface area contributed by atoms with Gasteiger partial charge in [0.05, 0.1) is 12.2 Å². The summed E-state index contributed by atoms with van der Waals surface area (Å²) < 4.78 is 12.8. The van der Waals surface area contributed by atoms with Crippen LogP contribution in [0.2, 0.25) is 0 Å². The molecule has 3 N–H and O–H groups in total. The number of hydrogen-bond donors (Lipinski definition) is 2. The average molecular weight is 238 g/mol. The normalized spacial score (nSPS) is 10.0. The molecule has 0 atom stereocenters. The molecule has 0 aliphatic rings. The summed E-state index contributed by atoms with van der Waals surface area (Å²) in [4.78, 5) is 13.4. The van der Waals surface area contributed by atoms with Gasteiger partial charge in [-0.2, -0.15) is 0 Å². The maximum Gasteiger partial charge on any atom is 0.256 e. The lowest BCUT2D eigenvalue weighted by Gasteiger charge is -2.20. The fourth-order valence-electron chi connectivity index (χ4n) is 1.45. The molecule has 5 heteroatoms. The number of halogens is 1. The molecule has 0 heterocycles. The van der Waals surface area contributed by atoms with Gasteiger partial charge in [-0.1, -0.05) is 6.08 Å². The molecule has 1 aromatic carbocycles. The minimum Gasteiger partial charge on any atom is -0.398 e. The third-order valence-corrected chi connectivity index (χ3v) is 2.25. The van der Waals surface area contributed by atoms with E-state index >= 15 is 0 Å². The van der Waals surface area contributed by atoms with Crippen LogP contribution in [-0.4, -0.2) is 35.6 Å². The summed E-state index contributed by atoms with van der Waals surface area (Å²) in [5.41, 5.74) is 5.89. The minimum atomic E-state index is -0.489. The van der Waals surface area contributed by atoms with Gasteiger partial charge in [-0.05, 0) is 18.2 Å². The number of anilines is 1. The molecule has 0 aromatic heterocycles. The lowest BCUT2D eigenvalue weighted by atomic mass is 10.1. The van der Waals surface area contributed by atoms with Crippen LogP contribution in [0.4, 0.5) is 10.1 Å². The summed E-state index contributed by atoms with van der Waals surface area (Å²) in [6, 6.07) is 3.60. The Morgan fingerprint density at radius 2 is 2.29 bits per heavy atom. The lowest BCUT2D eigenvalue weighted by molar-refractivity contribution is 0.0744. The van der Waals surface area contributed by atoms with Crippen LogP contribution in [0.25, 0.3) is 0 Å². The number of amides is 1. The van der Waals surface area contributed by atoms with Crippen molar-refractivity contribution in [3.8, 4) is 0 Å². The van der Waals surface area contributed by atoms with Crippen molar-refractivity contribution >= 4 is 11.6 Å². The van der Waals surface area contributed by atoms with Gasteiger partial charge >= 0.3 is 0 Å². The topological polar surface area (TPSA) is 66.6 Å². The predicted octanol–water partition coefficient (Wildman–Crippen LogP) is 1.03. The molecule has 17 heavy (non-hydrogen) atoms. The molecule has 0 saturated heterocycles. The molecule has 1 aromatic rings. The van der Waals surface area contributed by atoms with E-state index in [4.69, 9.17) is 10.8 Å². The molecule has 1 amide bonds. The summed E-state index contributed by atoms with van der Waals surface area (Å²) in [6.45, 7) is 3.86. The van der Waals surface area contributed by atoms with Gasteiger partial charge in [-0.3, -0.25) is 4.79 Å². The molecule has 0 radical (unpaired) electrons. The highest BCUT2D eigenvalue weighted by atomic mass is 19.1. The van der Waals surface area contributed by atoms with Crippen LogP contribution < -0.4 is 5.73 Å². The smallest absolute Gasteiger partial charge is 0.256 e. The first-order chi connectivity index (χ1) is 8.10. The fourth-order valence-corrected chi connectivity index (χ4v) is 1.45. The standard InChI is InChI=1S/C12H15FN2O2/c1-2-5-15(6-7-16)12(17)10-4-3-9(13)8-11(10)14/h2-4,8,16H,1,5-7,14H2. The third-order valence-electron chi connectivity index (χ3n) is 2.25. The quantitative estimate of drug-likeness (QED) is 0.594. The molecule has 0 saturated carbocycles. The number of nitrogens with zero attached hydrogens (tertiary/aromatic N) is 1. The van der Waals surface area contributed by atoms with E-state index in [0.29, 0.717) is 6.54 Å². The van der Waals surface area contributed by atoms with Crippen molar-refractivity contribution in [1.82, 2.24) is 4.90 Å². The van der Waals surface area contributed by atoms with Crippen molar-refractivity contribution in [3.05, 3.63) is 42.2 Å². The number of nitrogen functional groups attached to an aromatic ring is 1. The van der Waals surface area contributed by atoms with Crippen LogP contribution in [0, 0.1) is 5.82 Å². The van der Waals surface area contributed by atoms with Crippen molar-refractivity contribution in [2.75, 3.05) is 25.4 Å². The Hall–Kier alpha value is -1.88. The van der Waals surface area contributed by atoms with E-state index in [1.807, 2.05) is 0 Å². The molecule has 0 unspecified atom stereocenters. The number of aliphatic hydroxyl groups is 1. The number of aliphatic hydroxyl groups excluding tert-OH is 1. The Balaban J connectivity index is 2.96. The number of benzene rings is 1. The highest BCUT2D eigenvalue weighted by Gasteiger charge is 2.16. The average Bonchev–Trinajstić information content (AvgIpc) is 2.28. The van der Waals surface area contributed by atoms with E-state index in [0.717, 1.165) is 6.07 Å². The zero-order valence-corrected chi connectivity index (χ0v) is 9.40. The molecule has 0 bridgehead atoms. The van der Waals surface area contributed by atoms with Crippen molar-refractivity contribution < 1.29 is 14.3 Å². The first kappa shape index (κ1) is 13.2. The Bertz CT molecular complexity index is 421. The van der Waals surface area contributed by atoms with Gasteiger partial charge in [0.1, 0.15) is 5.82 Å². The number of hydrogen-bond acceptors (Lipinski definition) is 3. The molecule has 0 fully saturated rings. The van der Waals surface area contributed by atoms with Crippen LogP contribution in [0.1, 0.15) is 10.4 Å². The van der Waals surface area contributed by atoms with Crippen LogP contribution in [0.15, 0.2) is 30.9 Å². The second-order valence-electron chi connectivity index (χ2n) is 3.50. The Kier molecular flexibility index (Phi) is 4.66. The van der Waals surface area contributed by atoms with Crippen LogP contribution in [0.3, 0.4) is 0 Å². The molecule has 0 aliphatic carbocycles. The number of carbonyl (C=O) groups is 1. The van der Waals surface area contributed by atoms with E-state index in [9.17, 15) is 9.18 Å². The number of carbonyl (C=O) groups excluding carboxylic acids is 1. The Morgan fingerprint density at radius 1 is 1.59 bits per heavy atom. The zero-order valence-electron chi connectivity index (χ0n) is 9.40. The second-order valence-corrected chi connectivity index (χ2v) is 3.50. The molecular formula is C12H15FN2O2. The zero-order chi connectivity index (χ0) is 12.8. The molecule has 0 spiro atoms. The molecular weight excluding hydrogens is 223 g/mol. The van der Waals surface area contributed by atoms with Gasteiger partial charge in [0.25, 0.3) is 5.91 Å². The van der Waals surface area contributed by atoms with E-state index in [-0.39, 0.29) is 30.3 Å². The van der Waals surface area contributed by atoms with Gasteiger partial charge < -0.3 is 15.7 Å². The van der Waals surface area contributed by atoms with Gasteiger partial charge in [0.15, 0.2) is 0 Å². The third kappa shape index (κ3) is 3.29. The fraction of sp³-hybridized carbons (Fsp3) is 0.250. The summed E-state index contributed by atoms with van der Waals surface area (Å²) in [5, 5.41) is 8.85. The minimum absolute atomic E-state index is 0.0852.